The van der Waals surface area contributed by atoms with Crippen molar-refractivity contribution in [1.29, 1.82) is 0 Å². The molecule has 2 N–H and O–H groups in total. The average molecular weight is 386 g/mol. The topological polar surface area (TPSA) is 95.9 Å². The Balaban J connectivity index is 1.56. The first-order chi connectivity index (χ1) is 13.4. The molecule has 0 aliphatic carbocycles. The Morgan fingerprint density at radius 1 is 1.21 bits per heavy atom. The van der Waals surface area contributed by atoms with Gasteiger partial charge in [0, 0.05) is 30.4 Å². The lowest BCUT2D eigenvalue weighted by Gasteiger charge is -2.16. The number of anilines is 2. The third-order valence-corrected chi connectivity index (χ3v) is 4.25. The summed E-state index contributed by atoms with van der Waals surface area (Å²) >= 11 is 0. The van der Waals surface area contributed by atoms with Crippen molar-refractivity contribution < 1.29 is 28.6 Å². The largest absolute Gasteiger partial charge is 0.484 e. The Kier molecular flexibility index (Phi) is 5.88. The highest BCUT2D eigenvalue weighted by atomic mass is 19.1. The summed E-state index contributed by atoms with van der Waals surface area (Å²) in [5.74, 6) is -1.84. The molecule has 7 nitrogen and oxygen atoms in total. The van der Waals surface area contributed by atoms with Crippen LogP contribution in [0.3, 0.4) is 0 Å². The molecule has 1 fully saturated rings. The molecule has 2 amide bonds. The van der Waals surface area contributed by atoms with E-state index in [4.69, 9.17) is 9.84 Å². The third-order valence-electron chi connectivity index (χ3n) is 4.25. The molecule has 1 aliphatic rings. The van der Waals surface area contributed by atoms with Gasteiger partial charge < -0.3 is 20.1 Å². The minimum Gasteiger partial charge on any atom is -0.484 e. The molecule has 0 atom stereocenters. The molecule has 0 aromatic heterocycles. The smallest absolute Gasteiger partial charge is 0.307 e. The minimum absolute atomic E-state index is 0.0371. The Labute approximate surface area is 160 Å². The first kappa shape index (κ1) is 19.3. The number of rotatable bonds is 7. The summed E-state index contributed by atoms with van der Waals surface area (Å²) in [6.45, 7) is 0.363. The van der Waals surface area contributed by atoms with Crippen LogP contribution in [0.4, 0.5) is 15.8 Å². The third kappa shape index (κ3) is 4.85. The van der Waals surface area contributed by atoms with E-state index in [1.807, 2.05) is 0 Å². The minimum atomic E-state index is -1.14. The lowest BCUT2D eigenvalue weighted by atomic mass is 10.1. The number of benzene rings is 2. The maximum absolute atomic E-state index is 13.9. The van der Waals surface area contributed by atoms with Gasteiger partial charge in [-0.25, -0.2) is 4.39 Å². The van der Waals surface area contributed by atoms with E-state index in [0.29, 0.717) is 18.7 Å². The van der Waals surface area contributed by atoms with E-state index in [2.05, 4.69) is 5.32 Å². The number of hydrogen-bond donors (Lipinski definition) is 2. The molecule has 0 radical (unpaired) electrons. The molecular formula is C20H19FN2O5. The molecular weight excluding hydrogens is 367 g/mol. The summed E-state index contributed by atoms with van der Waals surface area (Å²) in [6, 6.07) is 10.7. The van der Waals surface area contributed by atoms with Crippen molar-refractivity contribution in [2.24, 2.45) is 0 Å². The van der Waals surface area contributed by atoms with E-state index in [9.17, 15) is 18.8 Å². The van der Waals surface area contributed by atoms with Crippen molar-refractivity contribution in [3.63, 3.8) is 0 Å². The summed E-state index contributed by atoms with van der Waals surface area (Å²) in [5, 5.41) is 11.2. The molecule has 8 heteroatoms. The van der Waals surface area contributed by atoms with E-state index < -0.39 is 24.1 Å². The van der Waals surface area contributed by atoms with Crippen LogP contribution in [-0.4, -0.2) is 36.0 Å². The molecule has 0 unspecified atom stereocenters. The second-order valence-electron chi connectivity index (χ2n) is 6.36. The van der Waals surface area contributed by atoms with E-state index in [1.54, 1.807) is 29.2 Å². The van der Waals surface area contributed by atoms with Crippen molar-refractivity contribution in [2.45, 2.75) is 19.3 Å². The lowest BCUT2D eigenvalue weighted by Crippen LogP contribution is -2.24. The van der Waals surface area contributed by atoms with Gasteiger partial charge in [0.05, 0.1) is 6.42 Å². The highest BCUT2D eigenvalue weighted by Crippen LogP contribution is 2.25. The lowest BCUT2D eigenvalue weighted by molar-refractivity contribution is -0.136. The fourth-order valence-electron chi connectivity index (χ4n) is 2.94. The zero-order valence-electron chi connectivity index (χ0n) is 15.0. The summed E-state index contributed by atoms with van der Waals surface area (Å²) in [4.78, 5) is 36.2. The van der Waals surface area contributed by atoms with Gasteiger partial charge in [-0.05, 0) is 36.2 Å². The van der Waals surface area contributed by atoms with Crippen molar-refractivity contribution >= 4 is 29.2 Å². The van der Waals surface area contributed by atoms with Gasteiger partial charge in [0.2, 0.25) is 5.91 Å². The number of amides is 2. The van der Waals surface area contributed by atoms with Crippen LogP contribution in [0.1, 0.15) is 18.4 Å². The predicted molar refractivity (Wildman–Crippen MR) is 99.9 cm³/mol. The monoisotopic (exact) mass is 386 g/mol. The van der Waals surface area contributed by atoms with Crippen LogP contribution in [0.15, 0.2) is 42.5 Å². The summed E-state index contributed by atoms with van der Waals surface area (Å²) in [5.41, 5.74) is 0.961. The number of carbonyl (C=O) groups is 3. The highest BCUT2D eigenvalue weighted by molar-refractivity contribution is 5.95. The second kappa shape index (κ2) is 8.51. The van der Waals surface area contributed by atoms with Gasteiger partial charge in [-0.2, -0.15) is 0 Å². The molecule has 146 valence electrons. The van der Waals surface area contributed by atoms with Gasteiger partial charge in [0.25, 0.3) is 5.91 Å². The number of nitrogens with zero attached hydrogens (tertiary/aromatic N) is 1. The number of nitrogens with one attached hydrogen (secondary N) is 1. The summed E-state index contributed by atoms with van der Waals surface area (Å²) < 4.78 is 19.3. The van der Waals surface area contributed by atoms with Gasteiger partial charge in [-0.3, -0.25) is 14.4 Å². The Morgan fingerprint density at radius 3 is 2.71 bits per heavy atom. The number of carboxylic acid groups (broad SMARTS) is 1. The van der Waals surface area contributed by atoms with Crippen LogP contribution >= 0.6 is 0 Å². The van der Waals surface area contributed by atoms with Crippen LogP contribution in [0.5, 0.6) is 5.75 Å². The maximum Gasteiger partial charge on any atom is 0.307 e. The van der Waals surface area contributed by atoms with Crippen molar-refractivity contribution in [1.82, 2.24) is 0 Å². The zero-order valence-corrected chi connectivity index (χ0v) is 15.0. The zero-order chi connectivity index (χ0) is 20.1. The van der Waals surface area contributed by atoms with Crippen LogP contribution in [0.2, 0.25) is 0 Å². The molecule has 3 rings (SSSR count). The van der Waals surface area contributed by atoms with Crippen LogP contribution < -0.4 is 15.0 Å². The quantitative estimate of drug-likeness (QED) is 0.763. The SMILES string of the molecule is O=C(O)Cc1ccc(NC(=O)COc2cccc(N3CCCC3=O)c2)cc1F. The molecule has 2 aromatic carbocycles. The Hall–Kier alpha value is -3.42. The first-order valence-corrected chi connectivity index (χ1v) is 8.75. The van der Waals surface area contributed by atoms with Crippen molar-refractivity contribution in [3.8, 4) is 5.75 Å². The van der Waals surface area contributed by atoms with Gasteiger partial charge >= 0.3 is 5.97 Å². The van der Waals surface area contributed by atoms with Gasteiger partial charge in [-0.15, -0.1) is 0 Å². The van der Waals surface area contributed by atoms with E-state index in [0.717, 1.165) is 18.2 Å². The highest BCUT2D eigenvalue weighted by Gasteiger charge is 2.21. The number of hydrogen-bond acceptors (Lipinski definition) is 4. The summed E-state index contributed by atoms with van der Waals surface area (Å²) in [7, 11) is 0. The number of carbonyl (C=O) groups excluding carboxylic acids is 2. The second-order valence-corrected chi connectivity index (χ2v) is 6.36. The number of aliphatic carboxylic acids is 1. The molecule has 1 heterocycles. The number of halogens is 1. The van der Waals surface area contributed by atoms with Crippen LogP contribution in [-0.2, 0) is 20.8 Å². The van der Waals surface area contributed by atoms with Crippen LogP contribution in [0, 0.1) is 5.82 Å². The molecule has 28 heavy (non-hydrogen) atoms. The molecule has 0 saturated carbocycles. The van der Waals surface area contributed by atoms with Gasteiger partial charge in [0.1, 0.15) is 11.6 Å². The van der Waals surface area contributed by atoms with Crippen molar-refractivity contribution in [2.75, 3.05) is 23.4 Å². The fraction of sp³-hybridized carbons (Fsp3) is 0.250. The predicted octanol–water partition coefficient (Wildman–Crippen LogP) is 2.60. The van der Waals surface area contributed by atoms with E-state index in [-0.39, 0.29) is 23.8 Å². The maximum atomic E-state index is 13.9. The molecule has 2 aromatic rings. The van der Waals surface area contributed by atoms with Gasteiger partial charge in [0.15, 0.2) is 6.61 Å². The average Bonchev–Trinajstić information content (AvgIpc) is 3.08. The van der Waals surface area contributed by atoms with E-state index >= 15 is 0 Å². The molecule has 1 saturated heterocycles. The molecule has 0 spiro atoms. The van der Waals surface area contributed by atoms with Crippen molar-refractivity contribution in [3.05, 3.63) is 53.8 Å². The van der Waals surface area contributed by atoms with Crippen LogP contribution in [0.25, 0.3) is 0 Å². The Bertz CT molecular complexity index is 915. The first-order valence-electron chi connectivity index (χ1n) is 8.75. The van der Waals surface area contributed by atoms with Gasteiger partial charge in [-0.1, -0.05) is 12.1 Å². The molecule has 0 bridgehead atoms. The standard InChI is InChI=1S/C20H19FN2O5/c21-17-10-14(7-6-13(17)9-20(26)27)22-18(24)12-28-16-4-1-3-15(11-16)23-8-2-5-19(23)25/h1,3-4,6-7,10-11H,2,5,8-9,12H2,(H,22,24)(H,26,27). The summed E-state index contributed by atoms with van der Waals surface area (Å²) in [6.07, 6.45) is 0.905. The molecule has 1 aliphatic heterocycles. The number of carboxylic acids is 1. The fourth-order valence-corrected chi connectivity index (χ4v) is 2.94. The normalized spacial score (nSPS) is 13.5. The number of ether oxygens (including phenoxy) is 1. The Morgan fingerprint density at radius 2 is 2.04 bits per heavy atom. The van der Waals surface area contributed by atoms with E-state index in [1.165, 1.54) is 12.1 Å².